The lowest BCUT2D eigenvalue weighted by Crippen LogP contribution is -2.40. The van der Waals surface area contributed by atoms with Crippen LogP contribution in [0.3, 0.4) is 0 Å². The molecule has 0 saturated heterocycles. The van der Waals surface area contributed by atoms with Crippen molar-refractivity contribution in [3.8, 4) is 0 Å². The predicted octanol–water partition coefficient (Wildman–Crippen LogP) is 6.63. The van der Waals surface area contributed by atoms with Gasteiger partial charge in [0, 0.05) is 8.95 Å². The van der Waals surface area contributed by atoms with Crippen LogP contribution >= 0.6 is 43.5 Å². The molecule has 0 aliphatic rings. The highest BCUT2D eigenvalue weighted by molar-refractivity contribution is 9.11. The van der Waals surface area contributed by atoms with E-state index in [9.17, 15) is 35.9 Å². The number of hydrogen-bond acceptors (Lipinski definition) is 2. The van der Waals surface area contributed by atoms with E-state index in [0.717, 1.165) is 6.08 Å². The molecular formula is C21H15Br2ClF6N2O2. The summed E-state index contributed by atoms with van der Waals surface area (Å²) in [5.41, 5.74) is 0.161. The van der Waals surface area contributed by atoms with Gasteiger partial charge in [-0.25, -0.2) is 0 Å². The maximum atomic E-state index is 13.6. The Morgan fingerprint density at radius 2 is 1.59 bits per heavy atom. The van der Waals surface area contributed by atoms with Crippen LogP contribution in [-0.2, 0) is 4.79 Å². The smallest absolute Gasteiger partial charge is 0.345 e. The van der Waals surface area contributed by atoms with Crippen molar-refractivity contribution >= 4 is 61.4 Å². The Morgan fingerprint density at radius 1 is 0.971 bits per heavy atom. The van der Waals surface area contributed by atoms with Gasteiger partial charge in [-0.1, -0.05) is 61.7 Å². The van der Waals surface area contributed by atoms with E-state index in [1.165, 1.54) is 36.4 Å². The van der Waals surface area contributed by atoms with Gasteiger partial charge in [-0.15, -0.1) is 0 Å². The predicted molar refractivity (Wildman–Crippen MR) is 123 cm³/mol. The van der Waals surface area contributed by atoms with Crippen LogP contribution in [0.15, 0.2) is 51.4 Å². The van der Waals surface area contributed by atoms with E-state index < -0.39 is 43.2 Å². The molecule has 0 aliphatic carbocycles. The Kier molecular flexibility index (Phi) is 9.61. The van der Waals surface area contributed by atoms with Gasteiger partial charge in [-0.3, -0.25) is 9.59 Å². The van der Waals surface area contributed by atoms with Gasteiger partial charge in [0.1, 0.15) is 6.54 Å². The summed E-state index contributed by atoms with van der Waals surface area (Å²) < 4.78 is 78.1. The van der Waals surface area contributed by atoms with Crippen molar-refractivity contribution in [2.75, 3.05) is 13.1 Å². The van der Waals surface area contributed by atoms with Crippen LogP contribution in [0.5, 0.6) is 0 Å². The Hall–Kier alpha value is -2.05. The van der Waals surface area contributed by atoms with Crippen molar-refractivity contribution in [2.45, 2.75) is 18.3 Å². The number of halogens is 9. The molecule has 4 nitrogen and oxygen atoms in total. The number of amides is 2. The van der Waals surface area contributed by atoms with Crippen LogP contribution in [0.4, 0.5) is 26.3 Å². The second kappa shape index (κ2) is 11.6. The Labute approximate surface area is 212 Å². The third kappa shape index (κ3) is 8.95. The molecule has 2 rings (SSSR count). The first-order valence-electron chi connectivity index (χ1n) is 9.28. The maximum Gasteiger partial charge on any atom is 0.405 e. The largest absolute Gasteiger partial charge is 0.405 e. The van der Waals surface area contributed by atoms with E-state index in [4.69, 9.17) is 11.6 Å². The molecule has 184 valence electrons. The van der Waals surface area contributed by atoms with Crippen molar-refractivity contribution in [3.63, 3.8) is 0 Å². The number of hydrogen-bond donors (Lipinski definition) is 2. The summed E-state index contributed by atoms with van der Waals surface area (Å²) in [4.78, 5) is 23.5. The lowest BCUT2D eigenvalue weighted by molar-refractivity contribution is -0.139. The first kappa shape index (κ1) is 28.2. The minimum Gasteiger partial charge on any atom is -0.345 e. The fraction of sp³-hybridized carbons (Fsp3) is 0.238. The summed E-state index contributed by atoms with van der Waals surface area (Å²) in [5.74, 6) is -3.81. The van der Waals surface area contributed by atoms with Gasteiger partial charge in [0.15, 0.2) is 0 Å². The number of rotatable bonds is 7. The number of nitrogens with one attached hydrogen (secondary N) is 2. The van der Waals surface area contributed by atoms with Gasteiger partial charge in [0.25, 0.3) is 5.91 Å². The molecule has 13 heteroatoms. The van der Waals surface area contributed by atoms with Gasteiger partial charge in [-0.2, -0.15) is 26.3 Å². The molecule has 1 unspecified atom stereocenters. The van der Waals surface area contributed by atoms with E-state index in [1.807, 2.05) is 0 Å². The Balaban J connectivity index is 2.12. The maximum absolute atomic E-state index is 13.6. The SMILES string of the molecule is O=C(CNC(=O)c1ccc(C=CC(c2cc(Br)cc(Br)c2)C(F)(F)F)cc1Cl)NCC(F)(F)F. The number of benzene rings is 2. The molecular weight excluding hydrogens is 621 g/mol. The summed E-state index contributed by atoms with van der Waals surface area (Å²) in [6, 6.07) is 8.11. The zero-order chi connectivity index (χ0) is 25.7. The molecule has 0 fully saturated rings. The summed E-state index contributed by atoms with van der Waals surface area (Å²) in [7, 11) is 0. The molecule has 34 heavy (non-hydrogen) atoms. The topological polar surface area (TPSA) is 58.2 Å². The van der Waals surface area contributed by atoms with E-state index in [2.05, 4.69) is 37.2 Å². The standard InChI is InChI=1S/C21H15Br2ClF6N2O2/c22-13-6-12(7-14(23)8-13)16(21(28,29)30)4-2-11-1-3-15(17(24)5-11)19(34)31-9-18(33)32-10-20(25,26)27/h1-8,16H,9-10H2,(H,31,34)(H,32,33). The zero-order valence-electron chi connectivity index (χ0n) is 16.8. The normalized spacial score (nSPS) is 13.1. The van der Waals surface area contributed by atoms with Crippen molar-refractivity contribution in [1.82, 2.24) is 10.6 Å². The molecule has 0 bridgehead atoms. The van der Waals surface area contributed by atoms with E-state index >= 15 is 0 Å². The highest BCUT2D eigenvalue weighted by Crippen LogP contribution is 2.38. The number of allylic oxidation sites excluding steroid dienone is 1. The lowest BCUT2D eigenvalue weighted by atomic mass is 9.97. The molecule has 0 saturated carbocycles. The number of carbonyl (C=O) groups excluding carboxylic acids is 2. The minimum atomic E-state index is -4.59. The molecule has 2 N–H and O–H groups in total. The van der Waals surface area contributed by atoms with Crippen molar-refractivity contribution in [2.24, 2.45) is 0 Å². The van der Waals surface area contributed by atoms with Crippen LogP contribution in [-0.4, -0.2) is 37.3 Å². The molecule has 0 heterocycles. The third-order valence-electron chi connectivity index (χ3n) is 4.21. The molecule has 2 aromatic carbocycles. The monoisotopic (exact) mass is 634 g/mol. The Bertz CT molecular complexity index is 1070. The van der Waals surface area contributed by atoms with Crippen LogP contribution < -0.4 is 10.6 Å². The molecule has 0 aliphatic heterocycles. The third-order valence-corrected chi connectivity index (χ3v) is 5.44. The van der Waals surface area contributed by atoms with E-state index in [-0.39, 0.29) is 21.7 Å². The fourth-order valence-corrected chi connectivity index (χ4v) is 4.31. The van der Waals surface area contributed by atoms with Gasteiger partial charge < -0.3 is 10.6 Å². The average Bonchev–Trinajstić information content (AvgIpc) is 2.68. The lowest BCUT2D eigenvalue weighted by Gasteiger charge is -2.18. The van der Waals surface area contributed by atoms with Crippen LogP contribution in [0.1, 0.15) is 27.4 Å². The first-order chi connectivity index (χ1) is 15.7. The summed E-state index contributed by atoms with van der Waals surface area (Å²) in [6.07, 6.45) is -7.02. The molecule has 1 atom stereocenters. The highest BCUT2D eigenvalue weighted by Gasteiger charge is 2.39. The summed E-state index contributed by atoms with van der Waals surface area (Å²) >= 11 is 12.4. The zero-order valence-corrected chi connectivity index (χ0v) is 20.8. The number of alkyl halides is 6. The molecule has 2 aromatic rings. The van der Waals surface area contributed by atoms with Gasteiger partial charge in [-0.05, 0) is 41.5 Å². The molecule has 0 radical (unpaired) electrons. The number of carbonyl (C=O) groups is 2. The van der Waals surface area contributed by atoms with Gasteiger partial charge in [0.2, 0.25) is 5.91 Å². The van der Waals surface area contributed by atoms with Crippen molar-refractivity contribution in [3.05, 3.63) is 73.1 Å². The van der Waals surface area contributed by atoms with Crippen molar-refractivity contribution < 1.29 is 35.9 Å². The average molecular weight is 637 g/mol. The molecule has 2 amide bonds. The second-order valence-electron chi connectivity index (χ2n) is 6.90. The summed E-state index contributed by atoms with van der Waals surface area (Å²) in [6.45, 7) is -2.26. The Morgan fingerprint density at radius 3 is 2.12 bits per heavy atom. The van der Waals surface area contributed by atoms with E-state index in [1.54, 1.807) is 11.4 Å². The van der Waals surface area contributed by atoms with Gasteiger partial charge >= 0.3 is 12.4 Å². The van der Waals surface area contributed by atoms with Gasteiger partial charge in [0.05, 0.1) is 23.0 Å². The van der Waals surface area contributed by atoms with Crippen LogP contribution in [0, 0.1) is 0 Å². The molecule has 0 aromatic heterocycles. The fourth-order valence-electron chi connectivity index (χ4n) is 2.71. The first-order valence-corrected chi connectivity index (χ1v) is 11.2. The molecule has 0 spiro atoms. The van der Waals surface area contributed by atoms with Crippen LogP contribution in [0.2, 0.25) is 5.02 Å². The quantitative estimate of drug-likeness (QED) is 0.336. The minimum absolute atomic E-state index is 0.00380. The summed E-state index contributed by atoms with van der Waals surface area (Å²) in [5, 5.41) is 3.59. The van der Waals surface area contributed by atoms with Crippen LogP contribution in [0.25, 0.3) is 6.08 Å². The van der Waals surface area contributed by atoms with E-state index in [0.29, 0.717) is 8.95 Å². The highest BCUT2D eigenvalue weighted by atomic mass is 79.9. The van der Waals surface area contributed by atoms with Crippen molar-refractivity contribution in [1.29, 1.82) is 0 Å². The second-order valence-corrected chi connectivity index (χ2v) is 9.13.